The lowest BCUT2D eigenvalue weighted by Crippen LogP contribution is -2.26. The first kappa shape index (κ1) is 15.2. The molecule has 1 aromatic carbocycles. The third kappa shape index (κ3) is 5.33. The molecule has 0 aliphatic heterocycles. The number of unbranched alkanes of at least 4 members (excludes halogenated alkanes) is 1. The Kier molecular flexibility index (Phi) is 5.43. The average molecular weight is 291 g/mol. The molecule has 2 rings (SSSR count). The van der Waals surface area contributed by atoms with Gasteiger partial charge in [0.25, 0.3) is 0 Å². The van der Waals surface area contributed by atoms with E-state index >= 15 is 0 Å². The summed E-state index contributed by atoms with van der Waals surface area (Å²) in [6.45, 7) is 2.29. The highest BCUT2D eigenvalue weighted by atomic mass is 19.1. The second-order valence-electron chi connectivity index (χ2n) is 4.84. The molecule has 1 aromatic heterocycles. The van der Waals surface area contributed by atoms with Crippen molar-refractivity contribution in [3.05, 3.63) is 47.4 Å². The predicted molar refractivity (Wildman–Crippen MR) is 75.1 cm³/mol. The van der Waals surface area contributed by atoms with E-state index in [1.54, 1.807) is 19.1 Å². The molecular formula is C15H18FN3O2. The molecule has 0 bridgehead atoms. The summed E-state index contributed by atoms with van der Waals surface area (Å²) >= 11 is 0. The fourth-order valence-electron chi connectivity index (χ4n) is 1.95. The van der Waals surface area contributed by atoms with Crippen molar-refractivity contribution in [2.75, 3.05) is 6.54 Å². The minimum atomic E-state index is -0.220. The van der Waals surface area contributed by atoms with E-state index in [1.165, 1.54) is 12.1 Å². The van der Waals surface area contributed by atoms with Crippen molar-refractivity contribution in [2.45, 2.75) is 32.6 Å². The summed E-state index contributed by atoms with van der Waals surface area (Å²) in [6.07, 6.45) is 2.82. The molecule has 0 aliphatic rings. The summed E-state index contributed by atoms with van der Waals surface area (Å²) in [5.74, 6) is 0.522. The zero-order valence-corrected chi connectivity index (χ0v) is 11.9. The maximum absolute atomic E-state index is 12.7. The molecule has 2 aromatic rings. The van der Waals surface area contributed by atoms with E-state index in [-0.39, 0.29) is 18.1 Å². The Labute approximate surface area is 122 Å². The van der Waals surface area contributed by atoms with E-state index in [9.17, 15) is 9.18 Å². The maximum Gasteiger partial charge on any atom is 0.227 e. The first-order valence-electron chi connectivity index (χ1n) is 6.94. The number of hydrogen-bond donors (Lipinski definition) is 1. The van der Waals surface area contributed by atoms with Crippen LogP contribution in [0, 0.1) is 12.7 Å². The zero-order valence-electron chi connectivity index (χ0n) is 11.9. The number of nitrogens with zero attached hydrogens (tertiary/aromatic N) is 2. The van der Waals surface area contributed by atoms with Crippen LogP contribution in [-0.2, 0) is 17.6 Å². The fraction of sp³-hybridized carbons (Fsp3) is 0.400. The Morgan fingerprint density at radius 2 is 2.05 bits per heavy atom. The van der Waals surface area contributed by atoms with Gasteiger partial charge in [-0.15, -0.1) is 0 Å². The van der Waals surface area contributed by atoms with E-state index in [0.717, 1.165) is 24.8 Å². The standard InChI is InChI=1S/C15H18FN3O2/c1-11-18-14(19-21-11)10-15(20)17-9-3-2-4-12-5-7-13(16)8-6-12/h5-8H,2-4,9-10H2,1H3,(H,17,20). The Balaban J connectivity index is 1.59. The molecule has 1 N–H and O–H groups in total. The van der Waals surface area contributed by atoms with Gasteiger partial charge in [-0.25, -0.2) is 4.39 Å². The highest BCUT2D eigenvalue weighted by molar-refractivity contribution is 5.77. The predicted octanol–water partition coefficient (Wildman–Crippen LogP) is 2.20. The van der Waals surface area contributed by atoms with Crippen molar-refractivity contribution in [3.8, 4) is 0 Å². The van der Waals surface area contributed by atoms with Gasteiger partial charge in [0.1, 0.15) is 5.82 Å². The molecule has 6 heteroatoms. The van der Waals surface area contributed by atoms with Crippen LogP contribution in [-0.4, -0.2) is 22.6 Å². The molecule has 1 heterocycles. The lowest BCUT2D eigenvalue weighted by atomic mass is 10.1. The van der Waals surface area contributed by atoms with Crippen LogP contribution in [0.25, 0.3) is 0 Å². The quantitative estimate of drug-likeness (QED) is 0.794. The van der Waals surface area contributed by atoms with Crippen LogP contribution in [0.4, 0.5) is 4.39 Å². The minimum absolute atomic E-state index is 0.113. The molecule has 0 aliphatic carbocycles. The van der Waals surface area contributed by atoms with Gasteiger partial charge in [0.15, 0.2) is 5.82 Å². The zero-order chi connectivity index (χ0) is 15.1. The highest BCUT2D eigenvalue weighted by Crippen LogP contribution is 2.06. The van der Waals surface area contributed by atoms with E-state index in [4.69, 9.17) is 4.52 Å². The lowest BCUT2D eigenvalue weighted by Gasteiger charge is -2.04. The Morgan fingerprint density at radius 1 is 1.29 bits per heavy atom. The van der Waals surface area contributed by atoms with Crippen molar-refractivity contribution in [1.29, 1.82) is 0 Å². The van der Waals surface area contributed by atoms with Gasteiger partial charge in [0, 0.05) is 13.5 Å². The number of halogens is 1. The number of carbonyl (C=O) groups is 1. The summed E-state index contributed by atoms with van der Waals surface area (Å²) in [6, 6.07) is 6.49. The van der Waals surface area contributed by atoms with E-state index in [1.807, 2.05) is 0 Å². The molecule has 0 saturated carbocycles. The second-order valence-corrected chi connectivity index (χ2v) is 4.84. The molecule has 112 valence electrons. The van der Waals surface area contributed by atoms with Gasteiger partial charge in [-0.1, -0.05) is 17.3 Å². The summed E-state index contributed by atoms with van der Waals surface area (Å²) in [5.41, 5.74) is 1.10. The van der Waals surface area contributed by atoms with Crippen molar-refractivity contribution in [1.82, 2.24) is 15.5 Å². The molecule has 0 radical (unpaired) electrons. The van der Waals surface area contributed by atoms with E-state index in [2.05, 4.69) is 15.5 Å². The topological polar surface area (TPSA) is 68.0 Å². The first-order chi connectivity index (χ1) is 10.1. The monoisotopic (exact) mass is 291 g/mol. The molecule has 0 atom stereocenters. The molecular weight excluding hydrogens is 273 g/mol. The number of aryl methyl sites for hydroxylation is 2. The average Bonchev–Trinajstić information content (AvgIpc) is 2.86. The largest absolute Gasteiger partial charge is 0.356 e. The van der Waals surface area contributed by atoms with Gasteiger partial charge >= 0.3 is 0 Å². The van der Waals surface area contributed by atoms with Gasteiger partial charge in [0.05, 0.1) is 6.42 Å². The lowest BCUT2D eigenvalue weighted by molar-refractivity contribution is -0.120. The maximum atomic E-state index is 12.7. The van der Waals surface area contributed by atoms with Crippen LogP contribution < -0.4 is 5.32 Å². The Hall–Kier alpha value is -2.24. The van der Waals surface area contributed by atoms with Crippen molar-refractivity contribution in [3.63, 3.8) is 0 Å². The summed E-state index contributed by atoms with van der Waals surface area (Å²) in [5, 5.41) is 6.48. The van der Waals surface area contributed by atoms with Crippen LogP contribution >= 0.6 is 0 Å². The van der Waals surface area contributed by atoms with Crippen molar-refractivity contribution >= 4 is 5.91 Å². The van der Waals surface area contributed by atoms with Gasteiger partial charge < -0.3 is 9.84 Å². The van der Waals surface area contributed by atoms with Crippen molar-refractivity contribution in [2.24, 2.45) is 0 Å². The number of rotatable bonds is 7. The number of aromatic nitrogens is 2. The summed E-state index contributed by atoms with van der Waals surface area (Å²) in [7, 11) is 0. The number of amides is 1. The second kappa shape index (κ2) is 7.52. The SMILES string of the molecule is Cc1nc(CC(=O)NCCCCc2ccc(F)cc2)no1. The van der Waals surface area contributed by atoms with Crippen LogP contribution in [0.5, 0.6) is 0 Å². The summed E-state index contributed by atoms with van der Waals surface area (Å²) < 4.78 is 17.5. The van der Waals surface area contributed by atoms with Crippen LogP contribution in [0.15, 0.2) is 28.8 Å². The third-order valence-corrected chi connectivity index (χ3v) is 3.02. The number of nitrogens with one attached hydrogen (secondary N) is 1. The molecule has 5 nitrogen and oxygen atoms in total. The summed E-state index contributed by atoms with van der Waals surface area (Å²) in [4.78, 5) is 15.6. The fourth-order valence-corrected chi connectivity index (χ4v) is 1.95. The molecule has 0 fully saturated rings. The molecule has 21 heavy (non-hydrogen) atoms. The number of benzene rings is 1. The Bertz CT molecular complexity index is 581. The highest BCUT2D eigenvalue weighted by Gasteiger charge is 2.08. The van der Waals surface area contributed by atoms with Gasteiger partial charge in [-0.2, -0.15) is 4.98 Å². The number of carbonyl (C=O) groups excluding carboxylic acids is 1. The Morgan fingerprint density at radius 3 is 2.71 bits per heavy atom. The molecule has 0 saturated heterocycles. The minimum Gasteiger partial charge on any atom is -0.356 e. The van der Waals surface area contributed by atoms with Gasteiger partial charge in [-0.3, -0.25) is 4.79 Å². The van der Waals surface area contributed by atoms with Crippen LogP contribution in [0.3, 0.4) is 0 Å². The number of hydrogen-bond acceptors (Lipinski definition) is 4. The first-order valence-corrected chi connectivity index (χ1v) is 6.94. The van der Waals surface area contributed by atoms with Gasteiger partial charge in [0.2, 0.25) is 11.8 Å². The smallest absolute Gasteiger partial charge is 0.227 e. The van der Waals surface area contributed by atoms with E-state index < -0.39 is 0 Å². The van der Waals surface area contributed by atoms with Crippen molar-refractivity contribution < 1.29 is 13.7 Å². The normalized spacial score (nSPS) is 10.6. The molecule has 0 spiro atoms. The third-order valence-electron chi connectivity index (χ3n) is 3.02. The van der Waals surface area contributed by atoms with Crippen LogP contribution in [0.1, 0.15) is 30.1 Å². The van der Waals surface area contributed by atoms with Gasteiger partial charge in [-0.05, 0) is 37.0 Å². The molecule has 1 amide bonds. The molecule has 0 unspecified atom stereocenters. The van der Waals surface area contributed by atoms with E-state index in [0.29, 0.717) is 18.3 Å². The van der Waals surface area contributed by atoms with Crippen LogP contribution in [0.2, 0.25) is 0 Å².